The maximum Gasteiger partial charge on any atom is 0.255 e. The highest BCUT2D eigenvalue weighted by Crippen LogP contribution is 2.28. The van der Waals surface area contributed by atoms with E-state index in [0.717, 1.165) is 16.8 Å². The molecule has 5 heteroatoms. The molecule has 2 aromatic carbocycles. The number of nitrogens with zero attached hydrogens (tertiary/aromatic N) is 1. The van der Waals surface area contributed by atoms with Crippen molar-refractivity contribution in [1.29, 1.82) is 0 Å². The lowest BCUT2D eigenvalue weighted by Gasteiger charge is -2.07. The average molecular weight is 305 g/mol. The molecule has 4 rings (SSSR count). The normalized spacial score (nSPS) is 11.0. The molecule has 0 aliphatic heterocycles. The SMILES string of the molecule is O=c1[nH]ccc2c(F)cc(-c3cccc(-c4ccn[nH]4)c3)cc12. The number of hydrogen-bond donors (Lipinski definition) is 2. The van der Waals surface area contributed by atoms with Crippen molar-refractivity contribution >= 4 is 10.8 Å². The van der Waals surface area contributed by atoms with Crippen molar-refractivity contribution in [2.24, 2.45) is 0 Å². The standard InChI is InChI=1S/C18H12FN3O/c19-16-10-13(9-15-14(16)4-6-20-18(15)23)11-2-1-3-12(8-11)17-5-7-21-22-17/h1-10H,(H,20,23)(H,21,22). The van der Waals surface area contributed by atoms with Crippen LogP contribution in [-0.2, 0) is 0 Å². The van der Waals surface area contributed by atoms with E-state index in [0.29, 0.717) is 16.3 Å². The van der Waals surface area contributed by atoms with E-state index in [2.05, 4.69) is 15.2 Å². The fraction of sp³-hybridized carbons (Fsp3) is 0. The van der Waals surface area contributed by atoms with Gasteiger partial charge in [0.15, 0.2) is 0 Å². The van der Waals surface area contributed by atoms with E-state index in [1.54, 1.807) is 18.3 Å². The molecule has 112 valence electrons. The van der Waals surface area contributed by atoms with E-state index < -0.39 is 5.82 Å². The Morgan fingerprint density at radius 2 is 1.78 bits per heavy atom. The molecule has 0 saturated carbocycles. The van der Waals surface area contributed by atoms with Gasteiger partial charge in [0.25, 0.3) is 5.56 Å². The number of aromatic amines is 2. The third-order valence-electron chi connectivity index (χ3n) is 3.85. The maximum absolute atomic E-state index is 14.3. The van der Waals surface area contributed by atoms with E-state index in [9.17, 15) is 9.18 Å². The number of benzene rings is 2. The van der Waals surface area contributed by atoms with Gasteiger partial charge in [-0.25, -0.2) is 4.39 Å². The van der Waals surface area contributed by atoms with Crippen LogP contribution in [0.25, 0.3) is 33.2 Å². The molecule has 0 aliphatic carbocycles. The van der Waals surface area contributed by atoms with Gasteiger partial charge >= 0.3 is 0 Å². The highest BCUT2D eigenvalue weighted by Gasteiger charge is 2.09. The molecule has 23 heavy (non-hydrogen) atoms. The Morgan fingerprint density at radius 1 is 0.913 bits per heavy atom. The van der Waals surface area contributed by atoms with Crippen molar-refractivity contribution in [3.63, 3.8) is 0 Å². The number of hydrogen-bond acceptors (Lipinski definition) is 2. The number of nitrogens with one attached hydrogen (secondary N) is 2. The van der Waals surface area contributed by atoms with Gasteiger partial charge in [-0.15, -0.1) is 0 Å². The lowest BCUT2D eigenvalue weighted by molar-refractivity contribution is 0.640. The fourth-order valence-electron chi connectivity index (χ4n) is 2.70. The van der Waals surface area contributed by atoms with Crippen LogP contribution in [0.3, 0.4) is 0 Å². The van der Waals surface area contributed by atoms with Crippen molar-refractivity contribution in [2.75, 3.05) is 0 Å². The minimum atomic E-state index is -0.407. The predicted octanol–water partition coefficient (Wildman–Crippen LogP) is 3.72. The molecule has 0 spiro atoms. The molecule has 0 atom stereocenters. The molecule has 2 N–H and O–H groups in total. The highest BCUT2D eigenvalue weighted by molar-refractivity contribution is 5.87. The number of H-pyrrole nitrogens is 2. The summed E-state index contributed by atoms with van der Waals surface area (Å²) in [5.74, 6) is -0.407. The Kier molecular flexibility index (Phi) is 3.05. The largest absolute Gasteiger partial charge is 0.329 e. The summed E-state index contributed by atoms with van der Waals surface area (Å²) in [5.41, 5.74) is 3.02. The fourth-order valence-corrected chi connectivity index (χ4v) is 2.70. The van der Waals surface area contributed by atoms with Gasteiger partial charge in [0, 0.05) is 23.3 Å². The van der Waals surface area contributed by atoms with Crippen LogP contribution in [0.2, 0.25) is 0 Å². The Balaban J connectivity index is 1.91. The summed E-state index contributed by atoms with van der Waals surface area (Å²) in [6.45, 7) is 0. The third-order valence-corrected chi connectivity index (χ3v) is 3.85. The first-order chi connectivity index (χ1) is 11.2. The molecule has 2 heterocycles. The van der Waals surface area contributed by atoms with Crippen LogP contribution in [0, 0.1) is 5.82 Å². The summed E-state index contributed by atoms with van der Waals surface area (Å²) in [6, 6.07) is 14.3. The number of fused-ring (bicyclic) bond motifs is 1. The van der Waals surface area contributed by atoms with Gasteiger partial charge in [-0.3, -0.25) is 9.89 Å². The number of pyridine rings is 1. The van der Waals surface area contributed by atoms with Crippen LogP contribution < -0.4 is 5.56 Å². The van der Waals surface area contributed by atoms with Gasteiger partial charge in [0.05, 0.1) is 11.1 Å². The minimum Gasteiger partial charge on any atom is -0.329 e. The van der Waals surface area contributed by atoms with Gasteiger partial charge in [0.2, 0.25) is 0 Å². The Bertz CT molecular complexity index is 1050. The summed E-state index contributed by atoms with van der Waals surface area (Å²) in [5, 5.41) is 7.50. The second-order valence-electron chi connectivity index (χ2n) is 5.28. The number of halogens is 1. The maximum atomic E-state index is 14.3. The molecule has 0 amide bonds. The quantitative estimate of drug-likeness (QED) is 0.593. The predicted molar refractivity (Wildman–Crippen MR) is 87.5 cm³/mol. The van der Waals surface area contributed by atoms with Gasteiger partial charge in [-0.05, 0) is 41.5 Å². The van der Waals surface area contributed by atoms with Crippen LogP contribution in [0.1, 0.15) is 0 Å². The zero-order valence-corrected chi connectivity index (χ0v) is 12.0. The Labute approximate surface area is 130 Å². The Hall–Kier alpha value is -3.21. The van der Waals surface area contributed by atoms with Gasteiger partial charge < -0.3 is 4.98 Å². The monoisotopic (exact) mass is 305 g/mol. The summed E-state index contributed by atoms with van der Waals surface area (Å²) in [7, 11) is 0. The van der Waals surface area contributed by atoms with E-state index >= 15 is 0 Å². The molecule has 4 aromatic rings. The molecule has 0 bridgehead atoms. The topological polar surface area (TPSA) is 61.5 Å². The second kappa shape index (κ2) is 5.21. The molecule has 4 nitrogen and oxygen atoms in total. The van der Waals surface area contributed by atoms with E-state index in [1.807, 2.05) is 30.3 Å². The first kappa shape index (κ1) is 13.5. The lowest BCUT2D eigenvalue weighted by Crippen LogP contribution is -2.05. The first-order valence-corrected chi connectivity index (χ1v) is 7.13. The summed E-state index contributed by atoms with van der Waals surface area (Å²) in [6.07, 6.45) is 3.13. The van der Waals surface area contributed by atoms with Crippen molar-refractivity contribution in [3.05, 3.63) is 77.1 Å². The smallest absolute Gasteiger partial charge is 0.255 e. The van der Waals surface area contributed by atoms with E-state index in [1.165, 1.54) is 12.3 Å². The first-order valence-electron chi connectivity index (χ1n) is 7.13. The molecule has 2 aromatic heterocycles. The van der Waals surface area contributed by atoms with Crippen molar-refractivity contribution in [2.45, 2.75) is 0 Å². The van der Waals surface area contributed by atoms with Crippen molar-refractivity contribution < 1.29 is 4.39 Å². The van der Waals surface area contributed by atoms with Crippen LogP contribution >= 0.6 is 0 Å². The van der Waals surface area contributed by atoms with Crippen molar-refractivity contribution in [1.82, 2.24) is 15.2 Å². The summed E-state index contributed by atoms with van der Waals surface area (Å²) >= 11 is 0. The van der Waals surface area contributed by atoms with Crippen molar-refractivity contribution in [3.8, 4) is 22.4 Å². The summed E-state index contributed by atoms with van der Waals surface area (Å²) in [4.78, 5) is 14.5. The molecule has 0 saturated heterocycles. The van der Waals surface area contributed by atoms with Crippen LogP contribution in [0.15, 0.2) is 65.7 Å². The zero-order chi connectivity index (χ0) is 15.8. The highest BCUT2D eigenvalue weighted by atomic mass is 19.1. The van der Waals surface area contributed by atoms with E-state index in [-0.39, 0.29) is 5.56 Å². The molecule has 0 radical (unpaired) electrons. The number of aromatic nitrogens is 3. The molecule has 0 unspecified atom stereocenters. The minimum absolute atomic E-state index is 0.298. The van der Waals surface area contributed by atoms with Gasteiger partial charge in [-0.1, -0.05) is 18.2 Å². The van der Waals surface area contributed by atoms with Crippen LogP contribution in [0.5, 0.6) is 0 Å². The molecule has 0 aliphatic rings. The molecular formula is C18H12FN3O. The van der Waals surface area contributed by atoms with Gasteiger partial charge in [-0.2, -0.15) is 5.10 Å². The zero-order valence-electron chi connectivity index (χ0n) is 12.0. The molecule has 0 fully saturated rings. The lowest BCUT2D eigenvalue weighted by atomic mass is 9.99. The van der Waals surface area contributed by atoms with Crippen LogP contribution in [-0.4, -0.2) is 15.2 Å². The van der Waals surface area contributed by atoms with Crippen LogP contribution in [0.4, 0.5) is 4.39 Å². The van der Waals surface area contributed by atoms with E-state index in [4.69, 9.17) is 0 Å². The Morgan fingerprint density at radius 3 is 2.61 bits per heavy atom. The van der Waals surface area contributed by atoms with Gasteiger partial charge in [0.1, 0.15) is 5.82 Å². The average Bonchev–Trinajstić information content (AvgIpc) is 3.10. The second-order valence-corrected chi connectivity index (χ2v) is 5.28. The number of rotatable bonds is 2. The molecular weight excluding hydrogens is 293 g/mol. The third kappa shape index (κ3) is 2.32. The summed E-state index contributed by atoms with van der Waals surface area (Å²) < 4.78 is 14.3.